The molecule has 1 saturated heterocycles. The van der Waals surface area contributed by atoms with Gasteiger partial charge in [-0.15, -0.1) is 0 Å². The molecule has 2 aliphatic carbocycles. The highest BCUT2D eigenvalue weighted by Crippen LogP contribution is 2.58. The summed E-state index contributed by atoms with van der Waals surface area (Å²) in [5.74, 6) is -1.29. The van der Waals surface area contributed by atoms with Crippen molar-refractivity contribution in [2.24, 2.45) is 22.7 Å². The lowest BCUT2D eigenvalue weighted by atomic mass is 9.77. The number of hydrogen-bond donors (Lipinski definition) is 1. The summed E-state index contributed by atoms with van der Waals surface area (Å²) in [6.07, 6.45) is 4.29. The predicted molar refractivity (Wildman–Crippen MR) is 255 cm³/mol. The zero-order chi connectivity index (χ0) is 49.1. The van der Waals surface area contributed by atoms with Crippen LogP contribution in [0.25, 0.3) is 21.5 Å². The Morgan fingerprint density at radius 3 is 2.03 bits per heavy atom. The van der Waals surface area contributed by atoms with E-state index in [2.05, 4.69) is 14.7 Å². The average Bonchev–Trinajstić information content (AvgIpc) is 4.10. The summed E-state index contributed by atoms with van der Waals surface area (Å²) in [7, 11) is -4.40. The van der Waals surface area contributed by atoms with Crippen LogP contribution in [0.5, 0.6) is 17.4 Å². The van der Waals surface area contributed by atoms with Crippen molar-refractivity contribution < 1.29 is 50.7 Å². The fourth-order valence-electron chi connectivity index (χ4n) is 8.64. The minimum absolute atomic E-state index is 0.0302. The molecule has 2 aromatic heterocycles. The second-order valence-corrected chi connectivity index (χ2v) is 21.7. The maximum atomic E-state index is 14.6. The molecule has 3 heterocycles. The van der Waals surface area contributed by atoms with Crippen LogP contribution in [0.3, 0.4) is 0 Å². The molecule has 4 aromatic rings. The topological polar surface area (TPSA) is 190 Å². The van der Waals surface area contributed by atoms with E-state index in [-0.39, 0.29) is 37.5 Å². The van der Waals surface area contributed by atoms with Crippen LogP contribution in [0, 0.1) is 22.7 Å². The fraction of sp³-hybridized carbons (Fsp3) is 0.560. The Morgan fingerprint density at radius 2 is 1.48 bits per heavy atom. The van der Waals surface area contributed by atoms with Gasteiger partial charge in [0.15, 0.2) is 5.78 Å². The van der Waals surface area contributed by atoms with Crippen LogP contribution in [0.4, 0.5) is 0 Å². The van der Waals surface area contributed by atoms with E-state index >= 15 is 0 Å². The Labute approximate surface area is 399 Å². The number of esters is 1. The first kappa shape index (κ1) is 51.3. The first-order valence-corrected chi connectivity index (χ1v) is 24.9. The quantitative estimate of drug-likeness (QED) is 0.0781. The van der Waals surface area contributed by atoms with Crippen LogP contribution in [-0.2, 0) is 38.4 Å². The molecular formula is C50H65ClN4O11S. The molecule has 5 atom stereocenters. The van der Waals surface area contributed by atoms with E-state index in [9.17, 15) is 27.6 Å². The molecule has 1 aliphatic heterocycles. The van der Waals surface area contributed by atoms with Crippen molar-refractivity contribution in [2.45, 2.75) is 138 Å². The Hall–Kier alpha value is -5.06. The molecule has 0 bridgehead atoms. The molecule has 364 valence electrons. The predicted octanol–water partition coefficient (Wildman–Crippen LogP) is 8.97. The second-order valence-electron chi connectivity index (χ2n) is 20.1. The van der Waals surface area contributed by atoms with Crippen LogP contribution in [0.1, 0.15) is 114 Å². The summed E-state index contributed by atoms with van der Waals surface area (Å²) in [5.41, 5.74) is -3.55. The van der Waals surface area contributed by atoms with Gasteiger partial charge in [-0.25, -0.2) is 18.9 Å². The van der Waals surface area contributed by atoms with Gasteiger partial charge in [-0.05, 0) is 131 Å². The summed E-state index contributed by atoms with van der Waals surface area (Å²) in [6.45, 7) is 19.5. The van der Waals surface area contributed by atoms with Gasteiger partial charge in [0, 0.05) is 36.0 Å². The lowest BCUT2D eigenvalue weighted by Crippen LogP contribution is -2.49. The fourth-order valence-corrected chi connectivity index (χ4v) is 10.0. The second kappa shape index (κ2) is 20.3. The number of nitrogens with zero attached hydrogens (tertiary/aromatic N) is 3. The molecule has 2 aromatic carbocycles. The molecule has 0 radical (unpaired) electrons. The molecule has 7 rings (SSSR count). The number of amides is 2. The Morgan fingerprint density at radius 1 is 0.881 bits per heavy atom. The lowest BCUT2D eigenvalue weighted by Gasteiger charge is -2.35. The van der Waals surface area contributed by atoms with Gasteiger partial charge in [-0.3, -0.25) is 19.2 Å². The molecule has 15 nitrogen and oxygen atoms in total. The molecule has 3 fully saturated rings. The summed E-state index contributed by atoms with van der Waals surface area (Å²) >= 11 is 5.93. The third-order valence-electron chi connectivity index (χ3n) is 12.5. The summed E-state index contributed by atoms with van der Waals surface area (Å²) in [4.78, 5) is 65.7. The Kier molecular flexibility index (Phi) is 15.5. The minimum Gasteiger partial charge on any atom is -0.494 e. The van der Waals surface area contributed by atoms with Crippen molar-refractivity contribution >= 4 is 67.0 Å². The third-order valence-corrected chi connectivity index (χ3v) is 13.8. The highest BCUT2D eigenvalue weighted by atomic mass is 35.5. The molecule has 17 heteroatoms. The van der Waals surface area contributed by atoms with Crippen LogP contribution < -0.4 is 18.9 Å². The van der Waals surface area contributed by atoms with Crippen molar-refractivity contribution in [3.63, 3.8) is 0 Å². The van der Waals surface area contributed by atoms with Gasteiger partial charge in [0.25, 0.3) is 0 Å². The van der Waals surface area contributed by atoms with Crippen molar-refractivity contribution in [2.75, 3.05) is 19.8 Å². The van der Waals surface area contributed by atoms with Gasteiger partial charge >= 0.3 is 16.3 Å². The number of hydrogen-bond acceptors (Lipinski definition) is 13. The number of carbonyl (C=O) groups excluding carboxylic acids is 4. The van der Waals surface area contributed by atoms with Crippen LogP contribution in [0.2, 0.25) is 5.15 Å². The molecule has 2 saturated carbocycles. The number of ketones is 1. The number of aromatic nitrogens is 2. The number of likely N-dealkylation sites (tertiary alicyclic amines) is 1. The average molecular weight is 966 g/mol. The molecule has 67 heavy (non-hydrogen) atoms. The lowest BCUT2D eigenvalue weighted by molar-refractivity contribution is -0.161. The van der Waals surface area contributed by atoms with Gasteiger partial charge in [0.1, 0.15) is 28.4 Å². The van der Waals surface area contributed by atoms with Crippen molar-refractivity contribution in [3.05, 3.63) is 66.1 Å². The number of pyridine rings is 2. The van der Waals surface area contributed by atoms with E-state index in [0.29, 0.717) is 55.7 Å². The standard InChI is InChI=1S/C39H55N3O10S.C11H10ClNO/c1-10-25-21-39(25,35(46)41-53(47,48)52-38(9)15-16-38)22-31(43)30-19-27(50-33-28-13-12-26(49-11-2)18-24(28)14-17-40-33)23-42(30)34(45)29(36(3,4)5)20-32(44)51-37(6,7)8;1-2-14-9-3-4-10-8(7-9)5-6-13-11(10)12/h12-14,17-18,25,27,29-30H,10-11,15-16,19-23H2,1-9H3,(H,41,46);3-7H,2H2,1H3/t25-,27-,29-,30+,39-;/m1./s1. The molecule has 0 spiro atoms. The van der Waals surface area contributed by atoms with Crippen LogP contribution in [-0.4, -0.2) is 90.0 Å². The van der Waals surface area contributed by atoms with Crippen LogP contribution >= 0.6 is 11.6 Å². The van der Waals surface area contributed by atoms with Gasteiger partial charge in [0.2, 0.25) is 17.7 Å². The number of rotatable bonds is 17. The number of benzene rings is 2. The number of Topliss-reactive ketones (excluding diaryl/α,β-unsaturated/α-hetero) is 1. The number of fused-ring (bicyclic) bond motifs is 2. The normalized spacial score (nSPS) is 21.4. The van der Waals surface area contributed by atoms with E-state index in [4.69, 9.17) is 34.7 Å². The number of ether oxygens (including phenoxy) is 4. The SMILES string of the molecule is CCOc1ccc2c(Cl)nccc2c1.CCOc1ccc2c(O[C@@H]3C[C@@H](C(=O)C[C@]4(C(=O)NS(=O)(=O)OC5(C)CC5)C[C@H]4CC)N(C(=O)[C@@H](CC(=O)OC(C)(C)C)C(C)(C)C)C3)nccc2c1. The van der Waals surface area contributed by atoms with Crippen molar-refractivity contribution in [1.29, 1.82) is 0 Å². The maximum absolute atomic E-state index is 14.6. The third kappa shape index (κ3) is 12.9. The summed E-state index contributed by atoms with van der Waals surface area (Å²) in [5, 5.41) is 4.11. The highest BCUT2D eigenvalue weighted by Gasteiger charge is 2.62. The highest BCUT2D eigenvalue weighted by molar-refractivity contribution is 7.85. The Balaban J connectivity index is 0.000000448. The summed E-state index contributed by atoms with van der Waals surface area (Å²) in [6, 6.07) is 14.1. The van der Waals surface area contributed by atoms with E-state index in [0.717, 1.165) is 27.3 Å². The molecule has 0 unspecified atom stereocenters. The first-order chi connectivity index (χ1) is 31.4. The largest absolute Gasteiger partial charge is 0.494 e. The molecular weight excluding hydrogens is 900 g/mol. The van der Waals surface area contributed by atoms with E-state index in [1.807, 2.05) is 90.1 Å². The maximum Gasteiger partial charge on any atom is 0.362 e. The van der Waals surface area contributed by atoms with E-state index in [1.165, 1.54) is 4.90 Å². The molecule has 1 N–H and O–H groups in total. The summed E-state index contributed by atoms with van der Waals surface area (Å²) < 4.78 is 56.0. The smallest absolute Gasteiger partial charge is 0.362 e. The number of halogens is 1. The van der Waals surface area contributed by atoms with E-state index in [1.54, 1.807) is 40.1 Å². The van der Waals surface area contributed by atoms with Crippen molar-refractivity contribution in [1.82, 2.24) is 19.6 Å². The van der Waals surface area contributed by atoms with Gasteiger partial charge in [0.05, 0.1) is 49.2 Å². The molecule has 2 amide bonds. The van der Waals surface area contributed by atoms with Gasteiger partial charge in [-0.1, -0.05) is 45.7 Å². The number of nitrogens with one attached hydrogen (secondary N) is 1. The Bertz CT molecular complexity index is 2590. The van der Waals surface area contributed by atoms with Gasteiger partial charge < -0.3 is 23.8 Å². The first-order valence-electron chi connectivity index (χ1n) is 23.1. The van der Waals surface area contributed by atoms with Crippen LogP contribution in [0.15, 0.2) is 60.9 Å². The van der Waals surface area contributed by atoms with Gasteiger partial charge in [-0.2, -0.15) is 8.42 Å². The zero-order valence-electron chi connectivity index (χ0n) is 40.3. The minimum atomic E-state index is -4.40. The number of carbonyl (C=O) groups is 4. The van der Waals surface area contributed by atoms with Crippen molar-refractivity contribution in [3.8, 4) is 17.4 Å². The van der Waals surface area contributed by atoms with E-state index < -0.39 is 68.2 Å². The zero-order valence-corrected chi connectivity index (χ0v) is 41.8. The molecule has 3 aliphatic rings. The monoisotopic (exact) mass is 964 g/mol.